The van der Waals surface area contributed by atoms with Crippen LogP contribution in [0.2, 0.25) is 0 Å². The zero-order valence-electron chi connectivity index (χ0n) is 8.39. The molecule has 0 aliphatic carbocycles. The topological polar surface area (TPSA) is 57.6 Å². The van der Waals surface area contributed by atoms with Gasteiger partial charge in [0.2, 0.25) is 5.91 Å². The fourth-order valence-corrected chi connectivity index (χ4v) is 1.87. The predicted molar refractivity (Wildman–Crippen MR) is 54.5 cm³/mol. The second-order valence-electron chi connectivity index (χ2n) is 3.64. The van der Waals surface area contributed by atoms with E-state index in [1.54, 1.807) is 0 Å². The molecule has 16 heavy (non-hydrogen) atoms. The molecule has 1 aliphatic rings. The summed E-state index contributed by atoms with van der Waals surface area (Å²) in [5.74, 6) is -1.82. The van der Waals surface area contributed by atoms with Gasteiger partial charge in [0.05, 0.1) is 0 Å². The van der Waals surface area contributed by atoms with Crippen molar-refractivity contribution in [2.45, 2.75) is 18.9 Å². The highest BCUT2D eigenvalue weighted by Gasteiger charge is 2.37. The molecular weight excluding hydrogens is 213 g/mol. The minimum atomic E-state index is -1.06. The highest BCUT2D eigenvalue weighted by Crippen LogP contribution is 2.27. The van der Waals surface area contributed by atoms with Gasteiger partial charge in [0.25, 0.3) is 0 Å². The van der Waals surface area contributed by atoms with E-state index in [1.807, 2.05) is 0 Å². The molecule has 0 bridgehead atoms. The first-order valence-corrected chi connectivity index (χ1v) is 4.90. The summed E-state index contributed by atoms with van der Waals surface area (Å²) in [6.07, 6.45) is 0.457. The molecule has 4 nitrogen and oxygen atoms in total. The van der Waals surface area contributed by atoms with Crippen molar-refractivity contribution in [1.29, 1.82) is 0 Å². The van der Waals surface area contributed by atoms with Crippen molar-refractivity contribution >= 4 is 17.6 Å². The van der Waals surface area contributed by atoms with Gasteiger partial charge in [-0.25, -0.2) is 9.18 Å². The average molecular weight is 223 g/mol. The third kappa shape index (κ3) is 1.76. The zero-order valence-corrected chi connectivity index (χ0v) is 8.39. The zero-order chi connectivity index (χ0) is 11.7. The van der Waals surface area contributed by atoms with Crippen molar-refractivity contribution < 1.29 is 19.1 Å². The Morgan fingerprint density at radius 3 is 2.88 bits per heavy atom. The lowest BCUT2D eigenvalue weighted by molar-refractivity contribution is -0.138. The van der Waals surface area contributed by atoms with Crippen molar-refractivity contribution in [2.24, 2.45) is 0 Å². The van der Waals surface area contributed by atoms with E-state index in [1.165, 1.54) is 24.3 Å². The Hall–Kier alpha value is -1.91. The van der Waals surface area contributed by atoms with Crippen LogP contribution in [0.15, 0.2) is 24.3 Å². The number of aliphatic carboxylic acids is 1. The minimum absolute atomic E-state index is 0.188. The molecule has 1 saturated heterocycles. The van der Waals surface area contributed by atoms with Crippen LogP contribution in [-0.2, 0) is 9.59 Å². The Morgan fingerprint density at radius 1 is 1.50 bits per heavy atom. The summed E-state index contributed by atoms with van der Waals surface area (Å²) in [7, 11) is 0. The summed E-state index contributed by atoms with van der Waals surface area (Å²) in [5.41, 5.74) is 0.301. The molecule has 0 unspecified atom stereocenters. The van der Waals surface area contributed by atoms with Gasteiger partial charge in [-0.1, -0.05) is 6.07 Å². The van der Waals surface area contributed by atoms with Crippen molar-refractivity contribution in [3.63, 3.8) is 0 Å². The summed E-state index contributed by atoms with van der Waals surface area (Å²) in [4.78, 5) is 23.6. The molecule has 0 saturated carbocycles. The lowest BCUT2D eigenvalue weighted by Crippen LogP contribution is -2.38. The second-order valence-corrected chi connectivity index (χ2v) is 3.64. The van der Waals surface area contributed by atoms with Crippen LogP contribution >= 0.6 is 0 Å². The molecule has 1 amide bonds. The largest absolute Gasteiger partial charge is 0.480 e. The van der Waals surface area contributed by atoms with Gasteiger partial charge in [0.15, 0.2) is 0 Å². The third-order valence-corrected chi connectivity index (χ3v) is 2.58. The molecule has 1 aromatic carbocycles. The number of anilines is 1. The maximum Gasteiger partial charge on any atom is 0.326 e. The number of nitrogens with zero attached hydrogens (tertiary/aromatic N) is 1. The van der Waals surface area contributed by atoms with Gasteiger partial charge < -0.3 is 5.11 Å². The number of carbonyl (C=O) groups is 2. The molecule has 0 radical (unpaired) electrons. The quantitative estimate of drug-likeness (QED) is 0.824. The van der Waals surface area contributed by atoms with Gasteiger partial charge in [-0.15, -0.1) is 0 Å². The molecule has 1 aromatic rings. The molecule has 5 heteroatoms. The van der Waals surface area contributed by atoms with Crippen LogP contribution in [0, 0.1) is 5.82 Å². The van der Waals surface area contributed by atoms with Gasteiger partial charge in [0, 0.05) is 12.1 Å². The van der Waals surface area contributed by atoms with E-state index in [0.717, 1.165) is 4.90 Å². The monoisotopic (exact) mass is 223 g/mol. The summed E-state index contributed by atoms with van der Waals surface area (Å²) < 4.78 is 13.0. The van der Waals surface area contributed by atoms with Crippen molar-refractivity contribution in [3.05, 3.63) is 30.1 Å². The normalized spacial score (nSPS) is 20.2. The standard InChI is InChI=1S/C11H10FNO3/c12-7-2-1-3-8(6-7)13-9(11(15)16)4-5-10(13)14/h1-3,6,9H,4-5H2,(H,15,16)/t9-/m0/s1. The van der Waals surface area contributed by atoms with E-state index >= 15 is 0 Å². The van der Waals surface area contributed by atoms with Crippen LogP contribution in [0.3, 0.4) is 0 Å². The molecule has 1 aliphatic heterocycles. The Kier molecular flexibility index (Phi) is 2.60. The maximum absolute atomic E-state index is 13.0. The number of carboxylic acid groups (broad SMARTS) is 1. The van der Waals surface area contributed by atoms with Crippen molar-refractivity contribution in [2.75, 3.05) is 4.90 Å². The third-order valence-electron chi connectivity index (χ3n) is 2.58. The van der Waals surface area contributed by atoms with Gasteiger partial charge >= 0.3 is 5.97 Å². The van der Waals surface area contributed by atoms with E-state index in [9.17, 15) is 14.0 Å². The van der Waals surface area contributed by atoms with Gasteiger partial charge in [-0.2, -0.15) is 0 Å². The number of rotatable bonds is 2. The Bertz CT molecular complexity index is 447. The van der Waals surface area contributed by atoms with Crippen LogP contribution in [-0.4, -0.2) is 23.0 Å². The second kappa shape index (κ2) is 3.92. The maximum atomic E-state index is 13.0. The first-order valence-electron chi connectivity index (χ1n) is 4.90. The number of carbonyl (C=O) groups excluding carboxylic acids is 1. The van der Waals surface area contributed by atoms with Crippen LogP contribution in [0.4, 0.5) is 10.1 Å². The van der Waals surface area contributed by atoms with E-state index in [0.29, 0.717) is 5.69 Å². The molecule has 2 rings (SSSR count). The fourth-order valence-electron chi connectivity index (χ4n) is 1.87. The Morgan fingerprint density at radius 2 is 2.25 bits per heavy atom. The summed E-state index contributed by atoms with van der Waals surface area (Å²) in [5, 5.41) is 8.94. The average Bonchev–Trinajstić information content (AvgIpc) is 2.60. The van der Waals surface area contributed by atoms with Crippen molar-refractivity contribution in [1.82, 2.24) is 0 Å². The molecular formula is C11H10FNO3. The summed E-state index contributed by atoms with van der Waals surface area (Å²) in [6, 6.07) is 4.52. The van der Waals surface area contributed by atoms with Gasteiger partial charge in [-0.3, -0.25) is 9.69 Å². The minimum Gasteiger partial charge on any atom is -0.480 e. The molecule has 1 N–H and O–H groups in total. The van der Waals surface area contributed by atoms with Crippen molar-refractivity contribution in [3.8, 4) is 0 Å². The Labute approximate surface area is 91.3 Å². The highest BCUT2D eigenvalue weighted by atomic mass is 19.1. The van der Waals surface area contributed by atoms with E-state index in [2.05, 4.69) is 0 Å². The SMILES string of the molecule is O=C(O)[C@@H]1CCC(=O)N1c1cccc(F)c1. The van der Waals surface area contributed by atoms with E-state index in [4.69, 9.17) is 5.11 Å². The number of hydrogen-bond donors (Lipinski definition) is 1. The first kappa shape index (κ1) is 10.6. The highest BCUT2D eigenvalue weighted by molar-refractivity contribution is 6.02. The van der Waals surface area contributed by atoms with Crippen LogP contribution in [0.5, 0.6) is 0 Å². The number of carboxylic acids is 1. The number of amides is 1. The van der Waals surface area contributed by atoms with Gasteiger partial charge in [0.1, 0.15) is 11.9 Å². The first-order chi connectivity index (χ1) is 7.59. The number of hydrogen-bond acceptors (Lipinski definition) is 2. The van der Waals surface area contributed by atoms with E-state index < -0.39 is 17.8 Å². The number of benzene rings is 1. The van der Waals surface area contributed by atoms with E-state index in [-0.39, 0.29) is 18.7 Å². The predicted octanol–water partition coefficient (Wildman–Crippen LogP) is 1.41. The van der Waals surface area contributed by atoms with Gasteiger partial charge in [-0.05, 0) is 24.6 Å². The summed E-state index contributed by atoms with van der Waals surface area (Å²) in [6.45, 7) is 0. The smallest absolute Gasteiger partial charge is 0.326 e. The van der Waals surface area contributed by atoms with Crippen LogP contribution in [0.25, 0.3) is 0 Å². The molecule has 0 aromatic heterocycles. The number of halogens is 1. The van der Waals surface area contributed by atoms with Crippen LogP contribution in [0.1, 0.15) is 12.8 Å². The lowest BCUT2D eigenvalue weighted by atomic mass is 10.2. The lowest BCUT2D eigenvalue weighted by Gasteiger charge is -2.21. The molecule has 1 heterocycles. The molecule has 84 valence electrons. The summed E-state index contributed by atoms with van der Waals surface area (Å²) >= 11 is 0. The fraction of sp³-hybridized carbons (Fsp3) is 0.273. The Balaban J connectivity index is 2.37. The molecule has 0 spiro atoms. The molecule has 1 atom stereocenters. The molecule has 1 fully saturated rings. The van der Waals surface area contributed by atoms with Crippen LogP contribution < -0.4 is 4.90 Å².